The van der Waals surface area contributed by atoms with Crippen LogP contribution in [-0.2, 0) is 42.2 Å². The lowest BCUT2D eigenvalue weighted by Gasteiger charge is -2.37. The molecule has 0 N–H and O–H groups in total. The number of ether oxygens (including phenoxy) is 3. The van der Waals surface area contributed by atoms with Gasteiger partial charge in [-0.15, -0.1) is 0 Å². The molecule has 4 unspecified atom stereocenters. The molecule has 1 saturated heterocycles. The molecule has 1 heterocycles. The third kappa shape index (κ3) is 13.3. The highest BCUT2D eigenvalue weighted by Crippen LogP contribution is 2.51. The molecular weight excluding hydrogens is 733 g/mol. The van der Waals surface area contributed by atoms with E-state index in [0.29, 0.717) is 38.5 Å². The van der Waals surface area contributed by atoms with E-state index in [1.807, 2.05) is 31.2 Å². The van der Waals surface area contributed by atoms with Crippen LogP contribution in [0.2, 0.25) is 55.9 Å². The van der Waals surface area contributed by atoms with Gasteiger partial charge in [0.05, 0.1) is 45.8 Å². The van der Waals surface area contributed by atoms with Crippen LogP contribution in [0.3, 0.4) is 0 Å². The monoisotopic (exact) mass is 802 g/mol. The first kappa shape index (κ1) is 47.7. The number of esters is 2. The normalized spacial score (nSPS) is 24.1. The molecule has 2 aliphatic carbocycles. The largest absolute Gasteiger partial charge is 0.466 e. The lowest BCUT2D eigenvalue weighted by Crippen LogP contribution is -2.44. The Bertz CT molecular complexity index is 1530. The van der Waals surface area contributed by atoms with E-state index in [-0.39, 0.29) is 57.1 Å². The number of rotatable bonds is 15. The van der Waals surface area contributed by atoms with Gasteiger partial charge in [-0.2, -0.15) is 0 Å². The molecule has 1 aliphatic heterocycles. The zero-order valence-electron chi connectivity index (χ0n) is 36.2. The molecule has 304 valence electrons. The van der Waals surface area contributed by atoms with E-state index in [4.69, 9.17) is 13.6 Å². The Morgan fingerprint density at radius 3 is 1.67 bits per heavy atom. The van der Waals surface area contributed by atoms with Crippen LogP contribution in [-0.4, -0.2) is 86.0 Å². The van der Waals surface area contributed by atoms with E-state index < -0.39 is 24.7 Å². The number of allylic oxidation sites excluding steroid dienone is 4. The van der Waals surface area contributed by atoms with Gasteiger partial charge in [0, 0.05) is 31.4 Å². The number of Topliss-reactive ketones (excluding diaryl/α,β-unsaturated/α-hetero) is 2. The standard InChI is InChI=1S/C22H38O5Si2.C20H32O4Si/c1-21(2,3)29(8,9)27-17-13-16(18(23)14-17)15-22(28(5,6)7)19(26-22)11-10-12-20(24)25-4;1-15(10-8-9-11-19(22)23-5)12-16-13-17(14-18(16)21)24-25(6,7)20(2,3)4/h10,12-13,17,19H,11,14-15H2,1-9H3;9-11,13,17H,8,12,14H2,1-7H3/b12-10+;11-9+,15-10+. The Labute approximate surface area is 329 Å². The molecule has 0 amide bonds. The molecule has 3 aliphatic rings. The predicted octanol–water partition coefficient (Wildman–Crippen LogP) is 9.53. The third-order valence-corrected chi connectivity index (χ3v) is 23.8. The van der Waals surface area contributed by atoms with Gasteiger partial charge in [0.2, 0.25) is 0 Å². The second-order valence-corrected chi connectivity index (χ2v) is 33.8. The average Bonchev–Trinajstić information content (AvgIpc) is 3.49. The summed E-state index contributed by atoms with van der Waals surface area (Å²) in [5.74, 6) is -0.346. The summed E-state index contributed by atoms with van der Waals surface area (Å²) in [6.07, 6.45) is 15.8. The topological polar surface area (TPSA) is 118 Å². The van der Waals surface area contributed by atoms with Gasteiger partial charge >= 0.3 is 11.9 Å². The summed E-state index contributed by atoms with van der Waals surface area (Å²) in [7, 11) is -2.79. The summed E-state index contributed by atoms with van der Waals surface area (Å²) in [5.41, 5.74) is 2.81. The number of epoxide rings is 1. The highest BCUT2D eigenvalue weighted by molar-refractivity contribution is 6.80. The number of methoxy groups -OCH3 is 2. The second kappa shape index (κ2) is 18.6. The minimum absolute atomic E-state index is 0.0455. The molecule has 0 bridgehead atoms. The molecule has 0 spiro atoms. The fourth-order valence-electron chi connectivity index (χ4n) is 6.01. The Balaban J connectivity index is 0.000000378. The number of ketones is 2. The van der Waals surface area contributed by atoms with E-state index >= 15 is 0 Å². The lowest BCUT2D eigenvalue weighted by atomic mass is 10.0. The van der Waals surface area contributed by atoms with Crippen molar-refractivity contribution in [2.24, 2.45) is 0 Å². The molecule has 1 fully saturated rings. The Morgan fingerprint density at radius 2 is 1.22 bits per heavy atom. The van der Waals surface area contributed by atoms with Crippen LogP contribution in [0.1, 0.15) is 87.0 Å². The number of hydrogen-bond donors (Lipinski definition) is 0. The second-order valence-electron chi connectivity index (χ2n) is 18.9. The Kier molecular flexibility index (Phi) is 16.4. The molecule has 0 saturated carbocycles. The van der Waals surface area contributed by atoms with Crippen LogP contribution >= 0.6 is 0 Å². The molecule has 12 heteroatoms. The van der Waals surface area contributed by atoms with Crippen molar-refractivity contribution in [3.8, 4) is 0 Å². The molecule has 0 radical (unpaired) electrons. The maximum absolute atomic E-state index is 12.8. The van der Waals surface area contributed by atoms with Gasteiger partial charge in [-0.1, -0.05) is 85.0 Å². The quantitative estimate of drug-likeness (QED) is 0.0525. The summed E-state index contributed by atoms with van der Waals surface area (Å²) in [6.45, 7) is 31.0. The van der Waals surface area contributed by atoms with Gasteiger partial charge < -0.3 is 23.1 Å². The number of carbonyl (C=O) groups excluding carboxylic acids is 4. The Hall–Kier alpha value is -2.49. The molecule has 4 atom stereocenters. The number of carbonyl (C=O) groups is 4. The summed E-state index contributed by atoms with van der Waals surface area (Å²) in [6, 6.07) is 0. The van der Waals surface area contributed by atoms with E-state index in [0.717, 1.165) is 16.7 Å². The minimum atomic E-state index is -1.93. The Morgan fingerprint density at radius 1 is 0.778 bits per heavy atom. The summed E-state index contributed by atoms with van der Waals surface area (Å²) >= 11 is 0. The van der Waals surface area contributed by atoms with Crippen molar-refractivity contribution in [2.75, 3.05) is 14.2 Å². The van der Waals surface area contributed by atoms with E-state index in [1.165, 1.54) is 26.4 Å². The van der Waals surface area contributed by atoms with Crippen molar-refractivity contribution in [1.29, 1.82) is 0 Å². The SMILES string of the molecule is COC(=O)/C=C/C/C=C(\C)CC1=CC(O[Si](C)(C)C(C)(C)C)CC1=O.COC(=O)/C=C/CC1OC1(CC1=CC(O[Si](C)(C)C(C)(C)C)CC1=O)[Si](C)(C)C. The summed E-state index contributed by atoms with van der Waals surface area (Å²) in [4.78, 5) is 47.3. The molecular formula is C42H70O9Si3. The van der Waals surface area contributed by atoms with Crippen molar-refractivity contribution in [1.82, 2.24) is 0 Å². The zero-order chi connectivity index (χ0) is 41.5. The average molecular weight is 803 g/mol. The summed E-state index contributed by atoms with van der Waals surface area (Å²) < 4.78 is 28.2. The van der Waals surface area contributed by atoms with Crippen molar-refractivity contribution in [3.05, 3.63) is 59.3 Å². The van der Waals surface area contributed by atoms with Crippen LogP contribution in [0, 0.1) is 0 Å². The van der Waals surface area contributed by atoms with E-state index in [9.17, 15) is 19.2 Å². The molecule has 0 aromatic carbocycles. The molecule has 0 aromatic heterocycles. The van der Waals surface area contributed by atoms with Crippen LogP contribution in [0.25, 0.3) is 0 Å². The van der Waals surface area contributed by atoms with Crippen LogP contribution in [0.5, 0.6) is 0 Å². The van der Waals surface area contributed by atoms with Gasteiger partial charge in [0.15, 0.2) is 28.2 Å². The van der Waals surface area contributed by atoms with Crippen LogP contribution in [0.4, 0.5) is 0 Å². The fourth-order valence-corrected chi connectivity index (χ4v) is 10.8. The van der Waals surface area contributed by atoms with Gasteiger partial charge in [-0.3, -0.25) is 9.59 Å². The van der Waals surface area contributed by atoms with Crippen LogP contribution < -0.4 is 0 Å². The highest BCUT2D eigenvalue weighted by Gasteiger charge is 2.63. The highest BCUT2D eigenvalue weighted by atomic mass is 28.4. The first-order valence-corrected chi connectivity index (χ1v) is 28.6. The minimum Gasteiger partial charge on any atom is -0.466 e. The van der Waals surface area contributed by atoms with E-state index in [2.05, 4.69) is 96.8 Å². The maximum atomic E-state index is 12.8. The first-order chi connectivity index (χ1) is 24.6. The first-order valence-electron chi connectivity index (χ1n) is 19.2. The third-order valence-electron chi connectivity index (χ3n) is 11.6. The van der Waals surface area contributed by atoms with Gasteiger partial charge in [-0.25, -0.2) is 9.59 Å². The van der Waals surface area contributed by atoms with Gasteiger partial charge in [0.1, 0.15) is 0 Å². The maximum Gasteiger partial charge on any atom is 0.330 e. The van der Waals surface area contributed by atoms with Crippen molar-refractivity contribution < 1.29 is 42.2 Å². The van der Waals surface area contributed by atoms with Crippen LogP contribution in [0.15, 0.2) is 59.3 Å². The fraction of sp³-hybridized carbons (Fsp3) is 0.667. The lowest BCUT2D eigenvalue weighted by molar-refractivity contribution is -0.135. The molecule has 54 heavy (non-hydrogen) atoms. The molecule has 3 rings (SSSR count). The summed E-state index contributed by atoms with van der Waals surface area (Å²) in [5, 5.41) is -0.0158. The van der Waals surface area contributed by atoms with Crippen molar-refractivity contribution in [3.63, 3.8) is 0 Å². The molecule has 0 aromatic rings. The number of hydrogen-bond acceptors (Lipinski definition) is 9. The zero-order valence-corrected chi connectivity index (χ0v) is 39.2. The smallest absolute Gasteiger partial charge is 0.330 e. The van der Waals surface area contributed by atoms with Gasteiger partial charge in [-0.05, 0) is 85.7 Å². The van der Waals surface area contributed by atoms with Gasteiger partial charge in [0.25, 0.3) is 0 Å². The van der Waals surface area contributed by atoms with Crippen molar-refractivity contribution in [2.45, 2.75) is 166 Å². The molecule has 9 nitrogen and oxygen atoms in total. The predicted molar refractivity (Wildman–Crippen MR) is 225 cm³/mol. The van der Waals surface area contributed by atoms with E-state index in [1.54, 1.807) is 6.08 Å². The van der Waals surface area contributed by atoms with Crippen molar-refractivity contribution >= 4 is 48.2 Å².